The summed E-state index contributed by atoms with van der Waals surface area (Å²) in [6.45, 7) is 13.2. The highest BCUT2D eigenvalue weighted by molar-refractivity contribution is 7.90. The maximum Gasteiger partial charge on any atom is 0.410 e. The highest BCUT2D eigenvalue weighted by Gasteiger charge is 2.29. The van der Waals surface area contributed by atoms with E-state index in [1.54, 1.807) is 33.9 Å². The maximum atomic E-state index is 14.7. The molecule has 0 saturated heterocycles. The van der Waals surface area contributed by atoms with E-state index in [1.165, 1.54) is 22.3 Å². The highest BCUT2D eigenvalue weighted by atomic mass is 32.2. The Bertz CT molecular complexity index is 903. The molecule has 0 unspecified atom stereocenters. The molecule has 1 N–H and O–H groups in total. The zero-order chi connectivity index (χ0) is 23.6. The van der Waals surface area contributed by atoms with Gasteiger partial charge in [-0.3, -0.25) is 0 Å². The molecule has 1 heterocycles. The topological polar surface area (TPSA) is 64.6 Å². The first-order chi connectivity index (χ1) is 14.2. The van der Waals surface area contributed by atoms with E-state index in [1.807, 2.05) is 45.9 Å². The zero-order valence-corrected chi connectivity index (χ0v) is 21.2. The van der Waals surface area contributed by atoms with Crippen molar-refractivity contribution in [2.45, 2.75) is 71.4 Å². The van der Waals surface area contributed by atoms with Gasteiger partial charge in [-0.2, -0.15) is 0 Å². The molecule has 0 aliphatic carbocycles. The number of hydrogen-bond acceptors (Lipinski definition) is 5. The molecule has 2 rings (SSSR count). The molecule has 0 saturated carbocycles. The van der Waals surface area contributed by atoms with Crippen LogP contribution in [0, 0.1) is 5.82 Å². The predicted molar refractivity (Wildman–Crippen MR) is 127 cm³/mol. The second kappa shape index (κ2) is 9.90. The number of halogens is 1. The molecule has 1 aromatic carbocycles. The van der Waals surface area contributed by atoms with Crippen LogP contribution in [-0.4, -0.2) is 32.9 Å². The second-order valence-electron chi connectivity index (χ2n) is 9.53. The number of hydrogen-bond donors (Lipinski definition) is 1. The lowest BCUT2D eigenvalue weighted by atomic mass is 10.0. The van der Waals surface area contributed by atoms with E-state index in [0.717, 1.165) is 15.3 Å². The molecule has 0 aliphatic rings. The zero-order valence-electron chi connectivity index (χ0n) is 19.5. The molecule has 0 bridgehead atoms. The molecule has 5 nitrogen and oxygen atoms in total. The Hall–Kier alpha value is -1.61. The number of carbonyl (C=O) groups excluding carboxylic acids is 1. The smallest absolute Gasteiger partial charge is 0.410 e. The molecule has 0 radical (unpaired) electrons. The van der Waals surface area contributed by atoms with E-state index in [9.17, 15) is 13.7 Å². The first-order valence-electron chi connectivity index (χ1n) is 10.2. The lowest BCUT2D eigenvalue weighted by molar-refractivity contribution is 0.0284. The van der Waals surface area contributed by atoms with E-state index < -0.39 is 23.1 Å². The minimum Gasteiger partial charge on any atom is -0.598 e. The quantitative estimate of drug-likeness (QED) is 0.526. The third kappa shape index (κ3) is 7.20. The summed E-state index contributed by atoms with van der Waals surface area (Å²) >= 11 is 0.323. The molecule has 8 heteroatoms. The van der Waals surface area contributed by atoms with Gasteiger partial charge in [0.2, 0.25) is 0 Å². The van der Waals surface area contributed by atoms with Crippen molar-refractivity contribution in [2.75, 3.05) is 7.05 Å². The van der Waals surface area contributed by atoms with Crippen LogP contribution in [0.2, 0.25) is 0 Å². The number of carbonyl (C=O) groups is 1. The molecule has 2 atom stereocenters. The lowest BCUT2D eigenvalue weighted by Crippen LogP contribution is -2.40. The fraction of sp³-hybridized carbons (Fsp3) is 0.522. The van der Waals surface area contributed by atoms with Gasteiger partial charge in [-0.05, 0) is 72.2 Å². The standard InChI is InChI=1S/C23H33FN2O3S2/c1-15(25-31(28)23(5,6)7)19-12-13-20(30-19)16-10-9-11-18(24)17(16)14-26(8)21(27)29-22(2,3)4/h9-13,15,25H,14H2,1-8H3/t15-,31-/m1/s1. The summed E-state index contributed by atoms with van der Waals surface area (Å²) in [4.78, 5) is 15.6. The van der Waals surface area contributed by atoms with Crippen LogP contribution in [0.4, 0.5) is 9.18 Å². The third-order valence-electron chi connectivity index (χ3n) is 4.38. The summed E-state index contributed by atoms with van der Waals surface area (Å²) in [6, 6.07) is 8.70. The number of rotatable bonds is 6. The Labute approximate surface area is 192 Å². The highest BCUT2D eigenvalue weighted by Crippen LogP contribution is 2.35. The van der Waals surface area contributed by atoms with Crippen molar-refractivity contribution >= 4 is 28.8 Å². The number of benzene rings is 1. The molecule has 0 spiro atoms. The lowest BCUT2D eigenvalue weighted by Gasteiger charge is -2.26. The summed E-state index contributed by atoms with van der Waals surface area (Å²) in [5.41, 5.74) is 0.543. The van der Waals surface area contributed by atoms with E-state index >= 15 is 0 Å². The number of thiophene rings is 1. The predicted octanol–water partition coefficient (Wildman–Crippen LogP) is 6.03. The van der Waals surface area contributed by atoms with Gasteiger partial charge < -0.3 is 14.2 Å². The van der Waals surface area contributed by atoms with Crippen LogP contribution >= 0.6 is 11.3 Å². The summed E-state index contributed by atoms with van der Waals surface area (Å²) in [5, 5.41) is 0. The van der Waals surface area contributed by atoms with Crippen LogP contribution in [0.3, 0.4) is 0 Å². The fourth-order valence-corrected chi connectivity index (χ4v) is 4.66. The second-order valence-corrected chi connectivity index (χ2v) is 12.6. The van der Waals surface area contributed by atoms with Crippen molar-refractivity contribution < 1.29 is 18.5 Å². The number of amides is 1. The first kappa shape index (κ1) is 25.6. The largest absolute Gasteiger partial charge is 0.598 e. The SMILES string of the molecule is C[C@@H](N[S@+]([O-])C(C)(C)C)c1ccc(-c2cccc(F)c2CN(C)C(=O)OC(C)(C)C)s1. The molecule has 1 aromatic heterocycles. The van der Waals surface area contributed by atoms with Gasteiger partial charge in [0.1, 0.15) is 16.2 Å². The van der Waals surface area contributed by atoms with Crippen molar-refractivity contribution in [2.24, 2.45) is 0 Å². The monoisotopic (exact) mass is 468 g/mol. The van der Waals surface area contributed by atoms with E-state index in [4.69, 9.17) is 4.74 Å². The van der Waals surface area contributed by atoms with Crippen LogP contribution in [-0.2, 0) is 22.6 Å². The summed E-state index contributed by atoms with van der Waals surface area (Å²) in [5.74, 6) is -0.372. The average molecular weight is 469 g/mol. The van der Waals surface area contributed by atoms with Gasteiger partial charge in [0.15, 0.2) is 0 Å². The van der Waals surface area contributed by atoms with Crippen LogP contribution in [0.1, 0.15) is 64.9 Å². The van der Waals surface area contributed by atoms with E-state index in [2.05, 4.69) is 4.72 Å². The van der Waals surface area contributed by atoms with Gasteiger partial charge >= 0.3 is 6.09 Å². The van der Waals surface area contributed by atoms with Crippen LogP contribution in [0.15, 0.2) is 30.3 Å². The van der Waals surface area contributed by atoms with Crippen molar-refractivity contribution in [3.8, 4) is 10.4 Å². The minimum atomic E-state index is -1.19. The van der Waals surface area contributed by atoms with Crippen LogP contribution < -0.4 is 4.72 Å². The van der Waals surface area contributed by atoms with Crippen LogP contribution in [0.25, 0.3) is 10.4 Å². The molecular formula is C23H33FN2O3S2. The number of nitrogens with zero attached hydrogens (tertiary/aromatic N) is 1. The van der Waals surface area contributed by atoms with Gasteiger partial charge in [0, 0.05) is 33.7 Å². The molecule has 0 aliphatic heterocycles. The number of ether oxygens (including phenoxy) is 1. The van der Waals surface area contributed by atoms with Gasteiger partial charge in [0.25, 0.3) is 0 Å². The van der Waals surface area contributed by atoms with Crippen molar-refractivity contribution in [3.05, 3.63) is 46.6 Å². The Morgan fingerprint density at radius 2 is 1.87 bits per heavy atom. The molecule has 0 fully saturated rings. The van der Waals surface area contributed by atoms with E-state index in [-0.39, 0.29) is 23.2 Å². The Morgan fingerprint density at radius 3 is 2.45 bits per heavy atom. The van der Waals surface area contributed by atoms with Gasteiger partial charge in [0.05, 0.1) is 12.6 Å². The van der Waals surface area contributed by atoms with Gasteiger partial charge in [-0.25, -0.2) is 9.18 Å². The first-order valence-corrected chi connectivity index (χ1v) is 12.2. The molecule has 31 heavy (non-hydrogen) atoms. The maximum absolute atomic E-state index is 14.7. The molecule has 1 amide bonds. The molecule has 2 aromatic rings. The Balaban J connectivity index is 2.25. The summed E-state index contributed by atoms with van der Waals surface area (Å²) in [6.07, 6.45) is -0.504. The molecular weight excluding hydrogens is 435 g/mol. The summed E-state index contributed by atoms with van der Waals surface area (Å²) < 4.78 is 35.3. The summed E-state index contributed by atoms with van der Waals surface area (Å²) in [7, 11) is 1.60. The van der Waals surface area contributed by atoms with Gasteiger partial charge in [-0.1, -0.05) is 12.1 Å². The van der Waals surface area contributed by atoms with Crippen molar-refractivity contribution in [1.82, 2.24) is 9.62 Å². The van der Waals surface area contributed by atoms with Crippen molar-refractivity contribution in [3.63, 3.8) is 0 Å². The minimum absolute atomic E-state index is 0.0893. The van der Waals surface area contributed by atoms with E-state index in [0.29, 0.717) is 5.56 Å². The Kier molecular flexibility index (Phi) is 8.19. The average Bonchev–Trinajstić information content (AvgIpc) is 3.11. The normalized spacial score (nSPS) is 14.3. The van der Waals surface area contributed by atoms with Crippen molar-refractivity contribution in [1.29, 1.82) is 0 Å². The Morgan fingerprint density at radius 1 is 1.23 bits per heavy atom. The third-order valence-corrected chi connectivity index (χ3v) is 7.36. The number of nitrogens with one attached hydrogen (secondary N) is 1. The molecule has 172 valence electrons. The van der Waals surface area contributed by atoms with Crippen LogP contribution in [0.5, 0.6) is 0 Å². The van der Waals surface area contributed by atoms with Gasteiger partial charge in [-0.15, -0.1) is 16.1 Å². The fourth-order valence-electron chi connectivity index (χ4n) is 2.72.